The fourth-order valence-electron chi connectivity index (χ4n) is 1.76. The number of rotatable bonds is 1. The van der Waals surface area contributed by atoms with Crippen LogP contribution in [0.15, 0.2) is 35.5 Å². The molecule has 0 bridgehead atoms. The summed E-state index contributed by atoms with van der Waals surface area (Å²) in [5.41, 5.74) is 9.50. The van der Waals surface area contributed by atoms with E-state index in [2.05, 4.69) is 30.0 Å². The lowest BCUT2D eigenvalue weighted by Gasteiger charge is -2.18. The molecule has 0 unspecified atom stereocenters. The standard InChI is InChI=1S/C12H13N3/c1-9-3-2-4-11(5-9)15-7-10(6-13)12(14)8-15/h2-5H,7-8,14H2,1H3. The molecule has 3 heteroatoms. The lowest BCUT2D eigenvalue weighted by Crippen LogP contribution is -2.21. The van der Waals surface area contributed by atoms with E-state index in [0.29, 0.717) is 24.4 Å². The maximum Gasteiger partial charge on any atom is 0.0985 e. The lowest BCUT2D eigenvalue weighted by atomic mass is 10.2. The highest BCUT2D eigenvalue weighted by Crippen LogP contribution is 2.22. The van der Waals surface area contributed by atoms with Crippen LogP contribution in [0.2, 0.25) is 0 Å². The molecule has 76 valence electrons. The predicted molar refractivity (Wildman–Crippen MR) is 60.2 cm³/mol. The third-order valence-corrected chi connectivity index (χ3v) is 2.60. The van der Waals surface area contributed by atoms with E-state index in [1.165, 1.54) is 5.56 Å². The minimum atomic E-state index is 0.631. The van der Waals surface area contributed by atoms with Crippen molar-refractivity contribution in [2.24, 2.45) is 5.73 Å². The molecule has 0 atom stereocenters. The van der Waals surface area contributed by atoms with Crippen LogP contribution in [0.5, 0.6) is 0 Å². The second-order valence-electron chi connectivity index (χ2n) is 3.81. The number of hydrogen-bond acceptors (Lipinski definition) is 3. The molecular weight excluding hydrogens is 186 g/mol. The van der Waals surface area contributed by atoms with Crippen molar-refractivity contribution in [3.05, 3.63) is 41.1 Å². The van der Waals surface area contributed by atoms with Crippen LogP contribution in [0.4, 0.5) is 5.69 Å². The summed E-state index contributed by atoms with van der Waals surface area (Å²) >= 11 is 0. The lowest BCUT2D eigenvalue weighted by molar-refractivity contribution is 0.973. The Kier molecular flexibility index (Phi) is 2.34. The molecule has 1 aliphatic rings. The molecule has 1 aromatic rings. The van der Waals surface area contributed by atoms with Crippen molar-refractivity contribution in [2.75, 3.05) is 18.0 Å². The van der Waals surface area contributed by atoms with Gasteiger partial charge in [0.05, 0.1) is 24.7 Å². The molecule has 0 saturated heterocycles. The fraction of sp³-hybridized carbons (Fsp3) is 0.250. The van der Waals surface area contributed by atoms with Crippen LogP contribution in [0.25, 0.3) is 0 Å². The summed E-state index contributed by atoms with van der Waals surface area (Å²) in [4.78, 5) is 2.11. The van der Waals surface area contributed by atoms with Gasteiger partial charge in [0.1, 0.15) is 0 Å². The molecule has 0 aliphatic carbocycles. The normalized spacial score (nSPS) is 15.6. The Hall–Kier alpha value is -1.95. The second kappa shape index (κ2) is 3.66. The molecule has 0 aromatic heterocycles. The molecule has 1 aliphatic heterocycles. The molecule has 0 saturated carbocycles. The monoisotopic (exact) mass is 199 g/mol. The van der Waals surface area contributed by atoms with E-state index < -0.39 is 0 Å². The van der Waals surface area contributed by atoms with E-state index in [4.69, 9.17) is 11.0 Å². The van der Waals surface area contributed by atoms with E-state index in [1.54, 1.807) is 0 Å². The zero-order chi connectivity index (χ0) is 10.8. The van der Waals surface area contributed by atoms with Crippen LogP contribution < -0.4 is 10.6 Å². The summed E-state index contributed by atoms with van der Waals surface area (Å²) in [5.74, 6) is 0. The van der Waals surface area contributed by atoms with Crippen molar-refractivity contribution in [3.8, 4) is 6.07 Å². The van der Waals surface area contributed by atoms with Crippen LogP contribution in [-0.4, -0.2) is 13.1 Å². The van der Waals surface area contributed by atoms with Gasteiger partial charge in [-0.3, -0.25) is 0 Å². The first kappa shape index (κ1) is 9.60. The molecule has 2 rings (SSSR count). The molecule has 1 heterocycles. The second-order valence-corrected chi connectivity index (χ2v) is 3.81. The third-order valence-electron chi connectivity index (χ3n) is 2.60. The topological polar surface area (TPSA) is 53.0 Å². The van der Waals surface area contributed by atoms with Crippen LogP contribution in [0, 0.1) is 18.3 Å². The predicted octanol–water partition coefficient (Wildman–Crippen LogP) is 1.55. The van der Waals surface area contributed by atoms with Gasteiger partial charge in [-0.25, -0.2) is 0 Å². The van der Waals surface area contributed by atoms with Gasteiger partial charge in [-0.15, -0.1) is 0 Å². The molecule has 0 fully saturated rings. The molecule has 3 nitrogen and oxygen atoms in total. The molecule has 2 N–H and O–H groups in total. The Morgan fingerprint density at radius 3 is 2.80 bits per heavy atom. The Labute approximate surface area is 89.4 Å². The van der Waals surface area contributed by atoms with Gasteiger partial charge in [0.25, 0.3) is 0 Å². The molecule has 0 amide bonds. The average molecular weight is 199 g/mol. The first-order valence-electron chi connectivity index (χ1n) is 4.90. The van der Waals surface area contributed by atoms with Gasteiger partial charge in [0.2, 0.25) is 0 Å². The van der Waals surface area contributed by atoms with Crippen molar-refractivity contribution in [1.29, 1.82) is 5.26 Å². The van der Waals surface area contributed by atoms with Crippen molar-refractivity contribution in [1.82, 2.24) is 0 Å². The van der Waals surface area contributed by atoms with Crippen molar-refractivity contribution in [3.63, 3.8) is 0 Å². The van der Waals surface area contributed by atoms with Crippen LogP contribution in [-0.2, 0) is 0 Å². The number of benzene rings is 1. The Bertz CT molecular complexity index is 454. The molecular formula is C12H13N3. The van der Waals surface area contributed by atoms with Gasteiger partial charge in [-0.1, -0.05) is 12.1 Å². The first-order chi connectivity index (χ1) is 7.20. The van der Waals surface area contributed by atoms with Gasteiger partial charge in [0.15, 0.2) is 0 Å². The number of nitriles is 1. The number of nitrogens with two attached hydrogens (primary N) is 1. The maximum atomic E-state index is 8.84. The van der Waals surface area contributed by atoms with E-state index in [0.717, 1.165) is 5.69 Å². The highest BCUT2D eigenvalue weighted by atomic mass is 15.2. The highest BCUT2D eigenvalue weighted by molar-refractivity contribution is 5.55. The summed E-state index contributed by atoms with van der Waals surface area (Å²) in [6.45, 7) is 3.35. The minimum absolute atomic E-state index is 0.631. The first-order valence-corrected chi connectivity index (χ1v) is 4.90. The summed E-state index contributed by atoms with van der Waals surface area (Å²) in [7, 11) is 0. The Morgan fingerprint density at radius 2 is 2.20 bits per heavy atom. The Morgan fingerprint density at radius 1 is 1.40 bits per heavy atom. The van der Waals surface area contributed by atoms with E-state index in [-0.39, 0.29) is 0 Å². The molecule has 0 spiro atoms. The minimum Gasteiger partial charge on any atom is -0.400 e. The molecule has 15 heavy (non-hydrogen) atoms. The summed E-state index contributed by atoms with van der Waals surface area (Å²) in [5, 5.41) is 8.84. The summed E-state index contributed by atoms with van der Waals surface area (Å²) in [6, 6.07) is 10.4. The largest absolute Gasteiger partial charge is 0.400 e. The number of hydrogen-bond donors (Lipinski definition) is 1. The molecule has 0 radical (unpaired) electrons. The Balaban J connectivity index is 2.21. The molecule has 1 aromatic carbocycles. The van der Waals surface area contributed by atoms with Gasteiger partial charge >= 0.3 is 0 Å². The van der Waals surface area contributed by atoms with Crippen molar-refractivity contribution < 1.29 is 0 Å². The zero-order valence-corrected chi connectivity index (χ0v) is 8.70. The van der Waals surface area contributed by atoms with Gasteiger partial charge < -0.3 is 10.6 Å². The quantitative estimate of drug-likeness (QED) is 0.746. The fourth-order valence-corrected chi connectivity index (χ4v) is 1.76. The number of aryl methyl sites for hydroxylation is 1. The van der Waals surface area contributed by atoms with Crippen molar-refractivity contribution >= 4 is 5.69 Å². The third kappa shape index (κ3) is 1.79. The van der Waals surface area contributed by atoms with Gasteiger partial charge in [-0.2, -0.15) is 5.26 Å². The summed E-state index contributed by atoms with van der Waals surface area (Å²) < 4.78 is 0. The van der Waals surface area contributed by atoms with Crippen LogP contribution >= 0.6 is 0 Å². The summed E-state index contributed by atoms with van der Waals surface area (Å²) in [6.07, 6.45) is 0. The zero-order valence-electron chi connectivity index (χ0n) is 8.70. The maximum absolute atomic E-state index is 8.84. The van der Waals surface area contributed by atoms with Crippen LogP contribution in [0.1, 0.15) is 5.56 Å². The average Bonchev–Trinajstić information content (AvgIpc) is 2.60. The van der Waals surface area contributed by atoms with Gasteiger partial charge in [-0.05, 0) is 24.6 Å². The van der Waals surface area contributed by atoms with E-state index in [9.17, 15) is 0 Å². The van der Waals surface area contributed by atoms with Gasteiger partial charge in [0, 0.05) is 11.4 Å². The van der Waals surface area contributed by atoms with E-state index in [1.807, 2.05) is 12.1 Å². The van der Waals surface area contributed by atoms with E-state index >= 15 is 0 Å². The number of anilines is 1. The number of nitrogens with zero attached hydrogens (tertiary/aromatic N) is 2. The van der Waals surface area contributed by atoms with Crippen molar-refractivity contribution in [2.45, 2.75) is 6.92 Å². The highest BCUT2D eigenvalue weighted by Gasteiger charge is 2.19. The smallest absolute Gasteiger partial charge is 0.0985 e. The van der Waals surface area contributed by atoms with Crippen LogP contribution in [0.3, 0.4) is 0 Å². The SMILES string of the molecule is Cc1cccc(N2CC(N)=C(C#N)C2)c1.